The lowest BCUT2D eigenvalue weighted by Gasteiger charge is -2.17. The molecule has 1 rings (SSSR count). The summed E-state index contributed by atoms with van der Waals surface area (Å²) in [4.78, 5) is 11.6. The normalized spacial score (nSPS) is 11.8. The van der Waals surface area contributed by atoms with E-state index in [9.17, 15) is 4.79 Å². The Balaban J connectivity index is 2.51. The smallest absolute Gasteiger partial charge is 0.258 e. The van der Waals surface area contributed by atoms with Crippen molar-refractivity contribution in [1.82, 2.24) is 5.32 Å². The third-order valence-electron chi connectivity index (χ3n) is 2.82. The molecule has 0 saturated heterocycles. The van der Waals surface area contributed by atoms with Crippen molar-refractivity contribution < 1.29 is 9.53 Å². The lowest BCUT2D eigenvalue weighted by atomic mass is 10.1. The van der Waals surface area contributed by atoms with E-state index in [-0.39, 0.29) is 18.6 Å². The summed E-state index contributed by atoms with van der Waals surface area (Å²) < 4.78 is 5.32. The molecule has 1 unspecified atom stereocenters. The van der Waals surface area contributed by atoms with Crippen LogP contribution in [0.2, 0.25) is 5.02 Å². The Bertz CT molecular complexity index is 495. The fraction of sp³-hybridized carbons (Fsp3) is 0.429. The van der Waals surface area contributed by atoms with Crippen molar-refractivity contribution in [1.29, 1.82) is 5.26 Å². The van der Waals surface area contributed by atoms with Crippen LogP contribution in [0.25, 0.3) is 0 Å². The highest BCUT2D eigenvalue weighted by Gasteiger charge is 2.11. The van der Waals surface area contributed by atoms with Gasteiger partial charge in [-0.2, -0.15) is 5.26 Å². The van der Waals surface area contributed by atoms with Crippen LogP contribution in [0.15, 0.2) is 18.2 Å². The van der Waals surface area contributed by atoms with Crippen LogP contribution in [0, 0.1) is 17.2 Å². The first-order valence-electron chi connectivity index (χ1n) is 6.06. The Kier molecular flexibility index (Phi) is 5.65. The largest absolute Gasteiger partial charge is 0.484 e. The number of rotatable bonds is 5. The van der Waals surface area contributed by atoms with Gasteiger partial charge in [0.1, 0.15) is 11.8 Å². The fourth-order valence-corrected chi connectivity index (χ4v) is 1.50. The average Bonchev–Trinajstić information content (AvgIpc) is 2.36. The summed E-state index contributed by atoms with van der Waals surface area (Å²) in [5, 5.41) is 11.9. The van der Waals surface area contributed by atoms with Crippen molar-refractivity contribution in [2.24, 2.45) is 5.92 Å². The van der Waals surface area contributed by atoms with Crippen LogP contribution in [0.4, 0.5) is 0 Å². The Morgan fingerprint density at radius 3 is 2.68 bits per heavy atom. The molecule has 1 N–H and O–H groups in total. The van der Waals surface area contributed by atoms with Crippen LogP contribution in [0.5, 0.6) is 5.75 Å². The highest BCUT2D eigenvalue weighted by Crippen LogP contribution is 2.21. The number of nitrogens with zero attached hydrogens (tertiary/aromatic N) is 1. The van der Waals surface area contributed by atoms with E-state index in [0.29, 0.717) is 22.3 Å². The van der Waals surface area contributed by atoms with Gasteiger partial charge in [-0.25, -0.2) is 0 Å². The molecule has 0 fully saturated rings. The molecule has 1 aromatic carbocycles. The molecule has 19 heavy (non-hydrogen) atoms. The molecule has 0 radical (unpaired) electrons. The Hall–Kier alpha value is -1.73. The van der Waals surface area contributed by atoms with Gasteiger partial charge in [-0.15, -0.1) is 0 Å². The second kappa shape index (κ2) is 7.01. The van der Waals surface area contributed by atoms with Crippen LogP contribution in [0.1, 0.15) is 26.3 Å². The van der Waals surface area contributed by atoms with Gasteiger partial charge < -0.3 is 10.1 Å². The molecule has 1 atom stereocenters. The Morgan fingerprint density at radius 2 is 2.16 bits per heavy atom. The highest BCUT2D eigenvalue weighted by molar-refractivity contribution is 6.31. The molecule has 0 aliphatic heterocycles. The van der Waals surface area contributed by atoms with Crippen molar-refractivity contribution >= 4 is 17.5 Å². The van der Waals surface area contributed by atoms with Gasteiger partial charge in [-0.05, 0) is 25.0 Å². The molecule has 0 bridgehead atoms. The molecule has 0 heterocycles. The zero-order chi connectivity index (χ0) is 14.4. The average molecular weight is 281 g/mol. The predicted octanol–water partition coefficient (Wildman–Crippen LogP) is 2.75. The van der Waals surface area contributed by atoms with E-state index < -0.39 is 0 Å². The number of benzene rings is 1. The zero-order valence-electron chi connectivity index (χ0n) is 11.2. The van der Waals surface area contributed by atoms with E-state index in [2.05, 4.69) is 5.32 Å². The number of halogens is 1. The molecule has 4 nitrogen and oxygen atoms in total. The molecular formula is C14H17ClN2O2. The maximum atomic E-state index is 11.6. The molecule has 0 saturated carbocycles. The Labute approximate surface area is 118 Å². The summed E-state index contributed by atoms with van der Waals surface area (Å²) in [6.45, 7) is 5.94. The van der Waals surface area contributed by atoms with Gasteiger partial charge in [0, 0.05) is 12.1 Å². The summed E-state index contributed by atoms with van der Waals surface area (Å²) in [6, 6.07) is 6.76. The minimum atomic E-state index is -0.179. The summed E-state index contributed by atoms with van der Waals surface area (Å²) in [5.41, 5.74) is 0.381. The molecule has 0 spiro atoms. The van der Waals surface area contributed by atoms with Gasteiger partial charge in [0.15, 0.2) is 6.61 Å². The highest BCUT2D eigenvalue weighted by atomic mass is 35.5. The van der Waals surface area contributed by atoms with E-state index in [0.717, 1.165) is 0 Å². The molecule has 0 aliphatic carbocycles. The van der Waals surface area contributed by atoms with E-state index in [1.807, 2.05) is 26.8 Å². The second-order valence-corrected chi connectivity index (χ2v) is 5.05. The number of carbonyl (C=O) groups excluding carboxylic acids is 1. The summed E-state index contributed by atoms with van der Waals surface area (Å²) in [6.07, 6.45) is 0. The molecule has 5 heteroatoms. The third-order valence-corrected chi connectivity index (χ3v) is 3.13. The molecular weight excluding hydrogens is 264 g/mol. The van der Waals surface area contributed by atoms with Crippen molar-refractivity contribution in [3.8, 4) is 11.8 Å². The van der Waals surface area contributed by atoms with Crippen LogP contribution in [-0.2, 0) is 4.79 Å². The number of hydrogen-bond donors (Lipinski definition) is 1. The summed E-state index contributed by atoms with van der Waals surface area (Å²) >= 11 is 5.87. The standard InChI is InChI=1S/C14H17ClN2O2/c1-9(2)10(3)17-14(18)8-19-12-5-4-11(7-16)13(15)6-12/h4-6,9-10H,8H2,1-3H3,(H,17,18). The summed E-state index contributed by atoms with van der Waals surface area (Å²) in [7, 11) is 0. The monoisotopic (exact) mass is 280 g/mol. The number of amides is 1. The van der Waals surface area contributed by atoms with Gasteiger partial charge in [0.25, 0.3) is 5.91 Å². The minimum Gasteiger partial charge on any atom is -0.484 e. The maximum Gasteiger partial charge on any atom is 0.258 e. The topological polar surface area (TPSA) is 62.1 Å². The summed E-state index contributed by atoms with van der Waals surface area (Å²) in [5.74, 6) is 0.659. The van der Waals surface area contributed by atoms with Gasteiger partial charge in [0.2, 0.25) is 0 Å². The van der Waals surface area contributed by atoms with Crippen molar-refractivity contribution in [3.63, 3.8) is 0 Å². The number of ether oxygens (including phenoxy) is 1. The first kappa shape index (κ1) is 15.3. The van der Waals surface area contributed by atoms with Crippen LogP contribution < -0.4 is 10.1 Å². The first-order chi connectivity index (χ1) is 8.93. The third kappa shape index (κ3) is 4.80. The lowest BCUT2D eigenvalue weighted by Crippen LogP contribution is -2.38. The van der Waals surface area contributed by atoms with E-state index >= 15 is 0 Å². The Morgan fingerprint density at radius 1 is 1.47 bits per heavy atom. The molecule has 1 amide bonds. The molecule has 0 aromatic heterocycles. The van der Waals surface area contributed by atoms with Crippen LogP contribution >= 0.6 is 11.6 Å². The number of carbonyl (C=O) groups is 1. The predicted molar refractivity (Wildman–Crippen MR) is 74.1 cm³/mol. The van der Waals surface area contributed by atoms with Crippen molar-refractivity contribution in [2.45, 2.75) is 26.8 Å². The maximum absolute atomic E-state index is 11.6. The van der Waals surface area contributed by atoms with Gasteiger partial charge in [0.05, 0.1) is 10.6 Å². The SMILES string of the molecule is CC(C)C(C)NC(=O)COc1ccc(C#N)c(Cl)c1. The van der Waals surface area contributed by atoms with Gasteiger partial charge in [-0.1, -0.05) is 25.4 Å². The number of hydrogen-bond acceptors (Lipinski definition) is 3. The molecule has 0 aliphatic rings. The lowest BCUT2D eigenvalue weighted by molar-refractivity contribution is -0.124. The van der Waals surface area contributed by atoms with E-state index in [1.54, 1.807) is 12.1 Å². The second-order valence-electron chi connectivity index (χ2n) is 4.64. The molecule has 102 valence electrons. The van der Waals surface area contributed by atoms with Gasteiger partial charge in [-0.3, -0.25) is 4.79 Å². The van der Waals surface area contributed by atoms with E-state index in [1.165, 1.54) is 6.07 Å². The number of nitrogens with one attached hydrogen (secondary N) is 1. The van der Waals surface area contributed by atoms with Crippen molar-refractivity contribution in [3.05, 3.63) is 28.8 Å². The van der Waals surface area contributed by atoms with Crippen LogP contribution in [0.3, 0.4) is 0 Å². The minimum absolute atomic E-state index is 0.0701. The van der Waals surface area contributed by atoms with Crippen LogP contribution in [-0.4, -0.2) is 18.6 Å². The molecule has 1 aromatic rings. The number of nitriles is 1. The van der Waals surface area contributed by atoms with Gasteiger partial charge >= 0.3 is 0 Å². The quantitative estimate of drug-likeness (QED) is 0.902. The fourth-order valence-electron chi connectivity index (χ4n) is 1.29. The first-order valence-corrected chi connectivity index (χ1v) is 6.43. The van der Waals surface area contributed by atoms with E-state index in [4.69, 9.17) is 21.6 Å². The van der Waals surface area contributed by atoms with Crippen molar-refractivity contribution in [2.75, 3.05) is 6.61 Å². The zero-order valence-corrected chi connectivity index (χ0v) is 12.0.